The summed E-state index contributed by atoms with van der Waals surface area (Å²) in [5.41, 5.74) is 0.344. The second kappa shape index (κ2) is 8.30. The average molecular weight is 531 g/mol. The molecule has 9 nitrogen and oxygen atoms in total. The fraction of sp³-hybridized carbons (Fsp3) is 0.320. The number of aromatic carboxylic acids is 1. The minimum Gasteiger partial charge on any atom is -0.497 e. The molecule has 37 heavy (non-hydrogen) atoms. The van der Waals surface area contributed by atoms with Crippen LogP contribution in [0.5, 0.6) is 23.0 Å². The minimum atomic E-state index is -3.74. The number of rotatable bonds is 6. The van der Waals surface area contributed by atoms with Crippen LogP contribution >= 0.6 is 11.3 Å². The number of carboxylic acids is 1. The lowest BCUT2D eigenvalue weighted by molar-refractivity contribution is -0.286. The number of thiazole rings is 1. The van der Waals surface area contributed by atoms with Gasteiger partial charge in [0.2, 0.25) is 5.91 Å². The van der Waals surface area contributed by atoms with E-state index in [0.717, 1.165) is 5.56 Å². The Labute approximate surface area is 212 Å². The summed E-state index contributed by atoms with van der Waals surface area (Å²) < 4.78 is 47.5. The lowest BCUT2D eigenvalue weighted by Crippen LogP contribution is -2.39. The quantitative estimate of drug-likeness (QED) is 0.476. The maximum atomic E-state index is 13.6. The molecular weight excluding hydrogens is 510 g/mol. The number of nitrogens with one attached hydrogen (secondary N) is 1. The number of amides is 1. The van der Waals surface area contributed by atoms with E-state index in [1.54, 1.807) is 18.2 Å². The molecule has 1 aliphatic carbocycles. The van der Waals surface area contributed by atoms with Crippen molar-refractivity contribution in [3.8, 4) is 23.0 Å². The number of ether oxygens (including phenoxy) is 4. The molecule has 0 radical (unpaired) electrons. The third kappa shape index (κ3) is 4.10. The highest BCUT2D eigenvalue weighted by atomic mass is 32.1. The molecule has 0 unspecified atom stereocenters. The lowest BCUT2D eigenvalue weighted by atomic mass is 9.91. The first kappa shape index (κ1) is 23.5. The third-order valence-electron chi connectivity index (χ3n) is 6.78. The molecule has 1 amide bonds. The predicted octanol–water partition coefficient (Wildman–Crippen LogP) is 4.58. The van der Waals surface area contributed by atoms with E-state index in [9.17, 15) is 23.5 Å². The van der Waals surface area contributed by atoms with E-state index in [1.165, 1.54) is 36.0 Å². The zero-order chi connectivity index (χ0) is 25.9. The summed E-state index contributed by atoms with van der Waals surface area (Å²) in [6, 6.07) is 9.22. The minimum absolute atomic E-state index is 0.0778. The second-order valence-electron chi connectivity index (χ2n) is 9.06. The first-order valence-electron chi connectivity index (χ1n) is 11.4. The number of halogens is 2. The van der Waals surface area contributed by atoms with Gasteiger partial charge in [0.15, 0.2) is 23.3 Å². The molecule has 12 heteroatoms. The molecule has 6 rings (SSSR count). The molecule has 1 fully saturated rings. The van der Waals surface area contributed by atoms with Gasteiger partial charge in [-0.3, -0.25) is 4.79 Å². The maximum Gasteiger partial charge on any atom is 0.586 e. The van der Waals surface area contributed by atoms with Crippen molar-refractivity contribution in [3.05, 3.63) is 63.6 Å². The Kier molecular flexibility index (Phi) is 5.26. The average Bonchev–Trinajstić information content (AvgIpc) is 3.40. The number of hydrogen-bond donors (Lipinski definition) is 2. The molecule has 1 aromatic heterocycles. The zero-order valence-electron chi connectivity index (χ0n) is 19.3. The molecule has 0 saturated heterocycles. The highest BCUT2D eigenvalue weighted by Gasteiger charge is 2.53. The molecule has 192 valence electrons. The Bertz CT molecular complexity index is 1420. The first-order chi connectivity index (χ1) is 17.7. The number of carboxylic acid groups (broad SMARTS) is 1. The van der Waals surface area contributed by atoms with Crippen molar-refractivity contribution < 1.29 is 42.4 Å². The summed E-state index contributed by atoms with van der Waals surface area (Å²) in [5, 5.41) is 14.3. The van der Waals surface area contributed by atoms with Gasteiger partial charge in [0, 0.05) is 23.4 Å². The van der Waals surface area contributed by atoms with Crippen molar-refractivity contribution in [2.24, 2.45) is 0 Å². The van der Waals surface area contributed by atoms with Gasteiger partial charge in [-0.05, 0) is 42.7 Å². The van der Waals surface area contributed by atoms with E-state index in [2.05, 4.69) is 19.8 Å². The van der Waals surface area contributed by atoms with Gasteiger partial charge in [-0.1, -0.05) is 6.07 Å². The highest BCUT2D eigenvalue weighted by molar-refractivity contribution is 7.09. The number of alkyl halides is 2. The SMILES string of the molecule is COc1ccc2c(c1)O[C@H](c1nc(C(=O)O)cs1)C[C@@H]2NC(=O)C1(c2ccc3c(c2)OC(F)(F)O3)CC1. The number of methoxy groups -OCH3 is 1. The van der Waals surface area contributed by atoms with Gasteiger partial charge in [0.05, 0.1) is 18.6 Å². The third-order valence-corrected chi connectivity index (χ3v) is 7.71. The molecule has 3 heterocycles. The molecule has 3 aromatic rings. The molecule has 0 bridgehead atoms. The van der Waals surface area contributed by atoms with Crippen LogP contribution in [0.4, 0.5) is 8.78 Å². The van der Waals surface area contributed by atoms with Crippen LogP contribution in [0.25, 0.3) is 0 Å². The zero-order valence-corrected chi connectivity index (χ0v) is 20.1. The van der Waals surface area contributed by atoms with E-state index in [1.807, 2.05) is 6.07 Å². The van der Waals surface area contributed by atoms with Crippen LogP contribution in [0, 0.1) is 0 Å². The molecule has 0 spiro atoms. The molecular formula is C25H20F2N2O7S. The Morgan fingerprint density at radius 3 is 2.62 bits per heavy atom. The Morgan fingerprint density at radius 1 is 1.14 bits per heavy atom. The fourth-order valence-corrected chi connectivity index (χ4v) is 5.54. The topological polar surface area (TPSA) is 116 Å². The Hall–Kier alpha value is -3.93. The van der Waals surface area contributed by atoms with Gasteiger partial charge in [-0.2, -0.15) is 0 Å². The second-order valence-corrected chi connectivity index (χ2v) is 9.95. The summed E-state index contributed by atoms with van der Waals surface area (Å²) in [7, 11) is 1.53. The summed E-state index contributed by atoms with van der Waals surface area (Å²) in [5.74, 6) is -0.528. The summed E-state index contributed by atoms with van der Waals surface area (Å²) in [6.07, 6.45) is -2.92. The van der Waals surface area contributed by atoms with Gasteiger partial charge in [0.1, 0.15) is 16.5 Å². The normalized spacial score (nSPS) is 21.9. The summed E-state index contributed by atoms with van der Waals surface area (Å²) >= 11 is 1.17. The lowest BCUT2D eigenvalue weighted by Gasteiger charge is -2.33. The van der Waals surface area contributed by atoms with Gasteiger partial charge in [-0.15, -0.1) is 20.1 Å². The van der Waals surface area contributed by atoms with Gasteiger partial charge >= 0.3 is 12.3 Å². The first-order valence-corrected chi connectivity index (χ1v) is 12.3. The monoisotopic (exact) mass is 530 g/mol. The number of benzene rings is 2. The predicted molar refractivity (Wildman–Crippen MR) is 124 cm³/mol. The van der Waals surface area contributed by atoms with E-state index < -0.39 is 29.8 Å². The Balaban J connectivity index is 1.28. The molecule has 2 atom stereocenters. The summed E-state index contributed by atoms with van der Waals surface area (Å²) in [4.78, 5) is 29.1. The number of aromatic nitrogens is 1. The number of nitrogens with zero attached hydrogens (tertiary/aromatic N) is 1. The smallest absolute Gasteiger partial charge is 0.497 e. The van der Waals surface area contributed by atoms with E-state index in [4.69, 9.17) is 9.47 Å². The standard InChI is InChI=1S/C25H20F2N2O7S/c1-33-13-3-4-14-15(10-20(34-18(14)9-13)21-28-16(11-37-21)22(30)31)29-23(32)24(6-7-24)12-2-5-17-19(8-12)36-25(26,27)35-17/h2-5,8-9,11,15,20H,6-7,10H2,1H3,(H,29,32)(H,30,31)/t15-,20-/m0/s1. The summed E-state index contributed by atoms with van der Waals surface area (Å²) in [6.45, 7) is 0. The number of carbonyl (C=O) groups is 2. The van der Waals surface area contributed by atoms with Crippen molar-refractivity contribution in [3.63, 3.8) is 0 Å². The van der Waals surface area contributed by atoms with Crippen molar-refractivity contribution in [2.75, 3.05) is 7.11 Å². The van der Waals surface area contributed by atoms with Crippen LogP contribution in [0.1, 0.15) is 58.0 Å². The van der Waals surface area contributed by atoms with E-state index >= 15 is 0 Å². The van der Waals surface area contributed by atoms with Crippen LogP contribution in [0.3, 0.4) is 0 Å². The van der Waals surface area contributed by atoms with Crippen LogP contribution in [0.15, 0.2) is 41.8 Å². The number of hydrogen-bond acceptors (Lipinski definition) is 8. The van der Waals surface area contributed by atoms with Crippen molar-refractivity contribution in [1.82, 2.24) is 10.3 Å². The van der Waals surface area contributed by atoms with Crippen molar-refractivity contribution in [2.45, 2.75) is 43.1 Å². The molecule has 2 aromatic carbocycles. The van der Waals surface area contributed by atoms with Crippen LogP contribution in [-0.2, 0) is 10.2 Å². The molecule has 3 aliphatic rings. The van der Waals surface area contributed by atoms with Crippen molar-refractivity contribution in [1.29, 1.82) is 0 Å². The maximum absolute atomic E-state index is 13.6. The van der Waals surface area contributed by atoms with E-state index in [-0.39, 0.29) is 23.1 Å². The largest absolute Gasteiger partial charge is 0.586 e. The number of fused-ring (bicyclic) bond motifs is 2. The highest BCUT2D eigenvalue weighted by Crippen LogP contribution is 2.53. The molecule has 2 aliphatic heterocycles. The van der Waals surface area contributed by atoms with Crippen molar-refractivity contribution >= 4 is 23.2 Å². The molecule has 1 saturated carbocycles. The van der Waals surface area contributed by atoms with Gasteiger partial charge in [-0.25, -0.2) is 9.78 Å². The van der Waals surface area contributed by atoms with Crippen LogP contribution < -0.4 is 24.3 Å². The number of carbonyl (C=O) groups excluding carboxylic acids is 1. The Morgan fingerprint density at radius 2 is 1.92 bits per heavy atom. The fourth-order valence-electron chi connectivity index (χ4n) is 4.71. The van der Waals surface area contributed by atoms with Gasteiger partial charge in [0.25, 0.3) is 0 Å². The van der Waals surface area contributed by atoms with Crippen LogP contribution in [0.2, 0.25) is 0 Å². The van der Waals surface area contributed by atoms with E-state index in [0.29, 0.717) is 41.3 Å². The van der Waals surface area contributed by atoms with Gasteiger partial charge < -0.3 is 29.4 Å². The van der Waals surface area contributed by atoms with Crippen LogP contribution in [-0.4, -0.2) is 35.4 Å². The molecule has 2 N–H and O–H groups in total.